The minimum atomic E-state index is -1.55. The van der Waals surface area contributed by atoms with Gasteiger partial charge in [0.25, 0.3) is 0 Å². The average molecular weight is 273 g/mol. The van der Waals surface area contributed by atoms with Gasteiger partial charge in [-0.3, -0.25) is 4.79 Å². The molecule has 0 radical (unpaired) electrons. The zero-order valence-corrected chi connectivity index (χ0v) is 11.2. The number of carbonyl (C=O) groups is 3. The van der Waals surface area contributed by atoms with E-state index in [2.05, 4.69) is 5.32 Å². The average Bonchev–Trinajstić information content (AvgIpc) is 2.60. The van der Waals surface area contributed by atoms with E-state index in [1.807, 2.05) is 0 Å². The molecule has 1 aliphatic carbocycles. The van der Waals surface area contributed by atoms with Gasteiger partial charge in [-0.15, -0.1) is 0 Å². The molecule has 0 spiro atoms. The maximum atomic E-state index is 11.7. The smallest absolute Gasteiger partial charge is 0.408 e. The highest BCUT2D eigenvalue weighted by Gasteiger charge is 2.49. The number of carboxylic acids is 2. The molecule has 1 rings (SSSR count). The largest absolute Gasteiger partial charge is 0.481 e. The Labute approximate surface area is 110 Å². The molecule has 1 aliphatic rings. The second kappa shape index (κ2) is 5.07. The molecule has 1 fully saturated rings. The zero-order chi connectivity index (χ0) is 14.8. The standard InChI is InChI=1S/C12H19NO6/c1-11(2,3)19-10(18)13-12(9(16)17)5-4-7(6-12)8(14)15/h7H,4-6H2,1-3H3,(H,13,18)(H,14,15)(H,16,17)/t7-,12+/m1/s1. The lowest BCUT2D eigenvalue weighted by atomic mass is 9.96. The van der Waals surface area contributed by atoms with Crippen LogP contribution in [0.1, 0.15) is 40.0 Å². The second-order valence-corrected chi connectivity index (χ2v) is 5.79. The molecule has 0 saturated heterocycles. The highest BCUT2D eigenvalue weighted by atomic mass is 16.6. The van der Waals surface area contributed by atoms with Crippen LogP contribution >= 0.6 is 0 Å². The van der Waals surface area contributed by atoms with Gasteiger partial charge in [0, 0.05) is 0 Å². The molecule has 108 valence electrons. The van der Waals surface area contributed by atoms with E-state index in [0.717, 1.165) is 0 Å². The number of nitrogens with one attached hydrogen (secondary N) is 1. The van der Waals surface area contributed by atoms with E-state index in [1.165, 1.54) is 0 Å². The van der Waals surface area contributed by atoms with Gasteiger partial charge in [0.05, 0.1) is 5.92 Å². The van der Waals surface area contributed by atoms with Crippen LogP contribution in [0.4, 0.5) is 4.79 Å². The number of hydrogen-bond acceptors (Lipinski definition) is 4. The van der Waals surface area contributed by atoms with Gasteiger partial charge in [0.15, 0.2) is 0 Å². The maximum Gasteiger partial charge on any atom is 0.408 e. The molecule has 0 heterocycles. The lowest BCUT2D eigenvalue weighted by Crippen LogP contribution is -2.54. The molecule has 0 aromatic rings. The molecule has 0 aromatic heterocycles. The molecule has 2 atom stereocenters. The quantitative estimate of drug-likeness (QED) is 0.712. The van der Waals surface area contributed by atoms with Crippen LogP contribution in [0, 0.1) is 5.92 Å². The summed E-state index contributed by atoms with van der Waals surface area (Å²) in [5.74, 6) is -3.04. The van der Waals surface area contributed by atoms with Gasteiger partial charge in [0.1, 0.15) is 11.1 Å². The molecule has 3 N–H and O–H groups in total. The van der Waals surface area contributed by atoms with Crippen molar-refractivity contribution < 1.29 is 29.3 Å². The fourth-order valence-electron chi connectivity index (χ4n) is 2.12. The summed E-state index contributed by atoms with van der Waals surface area (Å²) in [6.45, 7) is 4.98. The summed E-state index contributed by atoms with van der Waals surface area (Å²) in [6, 6.07) is 0. The number of ether oxygens (including phenoxy) is 1. The van der Waals surface area contributed by atoms with Crippen molar-refractivity contribution in [1.29, 1.82) is 0 Å². The molecule has 19 heavy (non-hydrogen) atoms. The van der Waals surface area contributed by atoms with Crippen LogP contribution in [-0.2, 0) is 14.3 Å². The summed E-state index contributed by atoms with van der Waals surface area (Å²) in [5, 5.41) is 20.5. The molecule has 1 amide bonds. The fraction of sp³-hybridized carbons (Fsp3) is 0.750. The van der Waals surface area contributed by atoms with Crippen molar-refractivity contribution in [1.82, 2.24) is 5.32 Å². The van der Waals surface area contributed by atoms with Crippen LogP contribution in [0.5, 0.6) is 0 Å². The van der Waals surface area contributed by atoms with Gasteiger partial charge >= 0.3 is 18.0 Å². The zero-order valence-electron chi connectivity index (χ0n) is 11.2. The predicted molar refractivity (Wildman–Crippen MR) is 64.7 cm³/mol. The molecule has 7 nitrogen and oxygen atoms in total. The third-order valence-corrected chi connectivity index (χ3v) is 3.01. The minimum absolute atomic E-state index is 0.0819. The Morgan fingerprint density at radius 3 is 2.21 bits per heavy atom. The Bertz CT molecular complexity index is 400. The minimum Gasteiger partial charge on any atom is -0.481 e. The number of amides is 1. The van der Waals surface area contributed by atoms with Crippen LogP contribution in [0.15, 0.2) is 0 Å². The van der Waals surface area contributed by atoms with Gasteiger partial charge in [-0.05, 0) is 40.0 Å². The summed E-state index contributed by atoms with van der Waals surface area (Å²) >= 11 is 0. The summed E-state index contributed by atoms with van der Waals surface area (Å²) in [4.78, 5) is 33.9. The number of rotatable bonds is 3. The monoisotopic (exact) mass is 273 g/mol. The Hall–Kier alpha value is -1.79. The van der Waals surface area contributed by atoms with Crippen molar-refractivity contribution in [3.8, 4) is 0 Å². The molecule has 7 heteroatoms. The van der Waals surface area contributed by atoms with Crippen molar-refractivity contribution in [3.63, 3.8) is 0 Å². The molecule has 1 saturated carbocycles. The number of aliphatic carboxylic acids is 2. The first-order valence-corrected chi connectivity index (χ1v) is 6.03. The van der Waals surface area contributed by atoms with E-state index in [0.29, 0.717) is 0 Å². The number of carbonyl (C=O) groups excluding carboxylic acids is 1. The summed E-state index contributed by atoms with van der Waals surface area (Å²) in [5.41, 5.74) is -2.29. The lowest BCUT2D eigenvalue weighted by molar-refractivity contribution is -0.145. The van der Waals surface area contributed by atoms with Crippen LogP contribution in [0.25, 0.3) is 0 Å². The summed E-state index contributed by atoms with van der Waals surface area (Å²) < 4.78 is 5.01. The second-order valence-electron chi connectivity index (χ2n) is 5.79. The first-order chi connectivity index (χ1) is 8.56. The first kappa shape index (κ1) is 15.3. The third-order valence-electron chi connectivity index (χ3n) is 3.01. The number of hydrogen-bond donors (Lipinski definition) is 3. The van der Waals surface area contributed by atoms with Gasteiger partial charge in [-0.25, -0.2) is 9.59 Å². The van der Waals surface area contributed by atoms with Crippen molar-refractivity contribution in [2.45, 2.75) is 51.2 Å². The fourth-order valence-corrected chi connectivity index (χ4v) is 2.12. The summed E-state index contributed by atoms with van der Waals surface area (Å²) in [6.07, 6.45) is -0.673. The highest BCUT2D eigenvalue weighted by molar-refractivity contribution is 5.86. The van der Waals surface area contributed by atoms with Crippen molar-refractivity contribution in [3.05, 3.63) is 0 Å². The predicted octanol–water partition coefficient (Wildman–Crippen LogP) is 1.22. The van der Waals surface area contributed by atoms with Crippen molar-refractivity contribution >= 4 is 18.0 Å². The lowest BCUT2D eigenvalue weighted by Gasteiger charge is -2.28. The van der Waals surface area contributed by atoms with Crippen molar-refractivity contribution in [2.24, 2.45) is 5.92 Å². The highest BCUT2D eigenvalue weighted by Crippen LogP contribution is 2.35. The Morgan fingerprint density at radius 1 is 1.26 bits per heavy atom. The van der Waals surface area contributed by atoms with Crippen LogP contribution in [0.2, 0.25) is 0 Å². The molecule has 0 bridgehead atoms. The van der Waals surface area contributed by atoms with E-state index in [9.17, 15) is 19.5 Å². The number of carboxylic acid groups (broad SMARTS) is 2. The van der Waals surface area contributed by atoms with Crippen LogP contribution in [0.3, 0.4) is 0 Å². The van der Waals surface area contributed by atoms with Gasteiger partial charge in [-0.2, -0.15) is 0 Å². The number of alkyl carbamates (subject to hydrolysis) is 1. The van der Waals surface area contributed by atoms with E-state index in [4.69, 9.17) is 9.84 Å². The Kier molecular flexibility index (Phi) is 4.07. The van der Waals surface area contributed by atoms with E-state index >= 15 is 0 Å². The topological polar surface area (TPSA) is 113 Å². The van der Waals surface area contributed by atoms with Crippen LogP contribution < -0.4 is 5.32 Å². The normalized spacial score (nSPS) is 26.8. The van der Waals surface area contributed by atoms with Gasteiger partial charge < -0.3 is 20.3 Å². The SMILES string of the molecule is CC(C)(C)OC(=O)N[C@@]1(C(=O)O)CC[C@@H](C(=O)O)C1. The molecule has 0 unspecified atom stereocenters. The van der Waals surface area contributed by atoms with Gasteiger partial charge in [-0.1, -0.05) is 0 Å². The van der Waals surface area contributed by atoms with E-state index < -0.39 is 35.1 Å². The molecular formula is C12H19NO6. The maximum absolute atomic E-state index is 11.7. The van der Waals surface area contributed by atoms with E-state index in [-0.39, 0.29) is 19.3 Å². The third kappa shape index (κ3) is 3.84. The molecule has 0 aliphatic heterocycles. The Balaban J connectivity index is 2.78. The van der Waals surface area contributed by atoms with Crippen molar-refractivity contribution in [2.75, 3.05) is 0 Å². The molecular weight excluding hydrogens is 254 g/mol. The first-order valence-electron chi connectivity index (χ1n) is 6.03. The van der Waals surface area contributed by atoms with Gasteiger partial charge in [0.2, 0.25) is 0 Å². The van der Waals surface area contributed by atoms with E-state index in [1.54, 1.807) is 20.8 Å². The Morgan fingerprint density at radius 2 is 1.84 bits per heavy atom. The summed E-state index contributed by atoms with van der Waals surface area (Å²) in [7, 11) is 0. The van der Waals surface area contributed by atoms with Crippen LogP contribution in [-0.4, -0.2) is 39.4 Å². The molecule has 0 aromatic carbocycles.